The van der Waals surface area contributed by atoms with Crippen LogP contribution in [-0.4, -0.2) is 5.67 Å². The summed E-state index contributed by atoms with van der Waals surface area (Å²) in [5, 5.41) is 0. The van der Waals surface area contributed by atoms with Crippen molar-refractivity contribution in [3.8, 4) is 0 Å². The highest BCUT2D eigenvalue weighted by Gasteiger charge is 2.35. The molecule has 2 atom stereocenters. The van der Waals surface area contributed by atoms with Gasteiger partial charge in [-0.3, -0.25) is 0 Å². The fourth-order valence-corrected chi connectivity index (χ4v) is 1.90. The maximum atomic E-state index is 13.7. The Bertz CT molecular complexity index is 111. The van der Waals surface area contributed by atoms with E-state index in [9.17, 15) is 4.39 Å². The van der Waals surface area contributed by atoms with Gasteiger partial charge < -0.3 is 0 Å². The van der Waals surface area contributed by atoms with E-state index < -0.39 is 5.67 Å². The normalized spacial score (nSPS) is 41.7. The van der Waals surface area contributed by atoms with Gasteiger partial charge in [0.05, 0.1) is 0 Å². The Morgan fingerprint density at radius 2 is 2.20 bits per heavy atom. The molecule has 1 rings (SSSR count). The molecule has 1 aliphatic carbocycles. The fourth-order valence-electron chi connectivity index (χ4n) is 1.90. The summed E-state index contributed by atoms with van der Waals surface area (Å²) in [6.07, 6.45) is 4.91. The first-order valence-corrected chi connectivity index (χ1v) is 4.38. The molecule has 0 N–H and O–H groups in total. The molecule has 0 heterocycles. The third kappa shape index (κ3) is 1.33. The van der Waals surface area contributed by atoms with Crippen LogP contribution in [0.25, 0.3) is 0 Å². The second-order valence-electron chi connectivity index (χ2n) is 3.54. The predicted molar refractivity (Wildman–Crippen MR) is 41.8 cm³/mol. The lowest BCUT2D eigenvalue weighted by molar-refractivity contribution is 0.0440. The number of hydrogen-bond acceptors (Lipinski definition) is 0. The molecule has 0 amide bonds. The van der Waals surface area contributed by atoms with E-state index in [1.54, 1.807) is 0 Å². The molecule has 10 heavy (non-hydrogen) atoms. The van der Waals surface area contributed by atoms with Gasteiger partial charge in [-0.25, -0.2) is 4.39 Å². The first kappa shape index (κ1) is 8.03. The molecule has 0 nitrogen and oxygen atoms in total. The molecule has 0 aromatic rings. The number of rotatable bonds is 1. The quantitative estimate of drug-likeness (QED) is 0.529. The average Bonchev–Trinajstić information content (AvgIpc) is 1.96. The van der Waals surface area contributed by atoms with E-state index >= 15 is 0 Å². The van der Waals surface area contributed by atoms with Gasteiger partial charge in [0.1, 0.15) is 5.67 Å². The van der Waals surface area contributed by atoms with E-state index in [-0.39, 0.29) is 0 Å². The summed E-state index contributed by atoms with van der Waals surface area (Å²) in [5.74, 6) is 0.297. The van der Waals surface area contributed by atoms with E-state index in [4.69, 9.17) is 0 Å². The van der Waals surface area contributed by atoms with E-state index in [2.05, 4.69) is 0 Å². The summed E-state index contributed by atoms with van der Waals surface area (Å²) < 4.78 is 13.7. The molecule has 0 radical (unpaired) electrons. The molecule has 60 valence electrons. The average molecular weight is 144 g/mol. The molecule has 1 heteroatoms. The first-order valence-electron chi connectivity index (χ1n) is 4.38. The lowest BCUT2D eigenvalue weighted by atomic mass is 9.76. The molecular formula is C9H17F. The molecule has 0 aromatic carbocycles. The van der Waals surface area contributed by atoms with Crippen LogP contribution in [0, 0.1) is 5.92 Å². The Kier molecular flexibility index (Phi) is 2.32. The van der Waals surface area contributed by atoms with Gasteiger partial charge in [0.2, 0.25) is 0 Å². The van der Waals surface area contributed by atoms with Gasteiger partial charge in [-0.1, -0.05) is 26.7 Å². The SMILES string of the molecule is CCC1(F)CCCCC1C. The van der Waals surface area contributed by atoms with Gasteiger partial charge in [-0.2, -0.15) is 0 Å². The van der Waals surface area contributed by atoms with Crippen LogP contribution in [0.1, 0.15) is 46.0 Å². The van der Waals surface area contributed by atoms with E-state index in [0.717, 1.165) is 19.3 Å². The van der Waals surface area contributed by atoms with Crippen LogP contribution in [0.4, 0.5) is 4.39 Å². The van der Waals surface area contributed by atoms with Crippen LogP contribution in [0.3, 0.4) is 0 Å². The topological polar surface area (TPSA) is 0 Å². The number of alkyl halides is 1. The van der Waals surface area contributed by atoms with Gasteiger partial charge in [-0.15, -0.1) is 0 Å². The molecule has 0 bridgehead atoms. The van der Waals surface area contributed by atoms with Crippen LogP contribution in [0.5, 0.6) is 0 Å². The minimum Gasteiger partial charge on any atom is -0.244 e. The second-order valence-corrected chi connectivity index (χ2v) is 3.54. The first-order chi connectivity index (χ1) is 4.69. The zero-order valence-electron chi connectivity index (χ0n) is 6.99. The van der Waals surface area contributed by atoms with Crippen LogP contribution in [0.2, 0.25) is 0 Å². The third-order valence-corrected chi connectivity index (χ3v) is 2.95. The van der Waals surface area contributed by atoms with Gasteiger partial charge >= 0.3 is 0 Å². The lowest BCUT2D eigenvalue weighted by Crippen LogP contribution is -2.33. The monoisotopic (exact) mass is 144 g/mol. The van der Waals surface area contributed by atoms with Crippen molar-refractivity contribution < 1.29 is 4.39 Å². The Morgan fingerprint density at radius 1 is 1.50 bits per heavy atom. The molecule has 0 aliphatic heterocycles. The van der Waals surface area contributed by atoms with Gasteiger partial charge in [-0.05, 0) is 25.2 Å². The van der Waals surface area contributed by atoms with Gasteiger partial charge in [0.15, 0.2) is 0 Å². The van der Waals surface area contributed by atoms with E-state index in [1.807, 2.05) is 13.8 Å². The van der Waals surface area contributed by atoms with E-state index in [0.29, 0.717) is 12.3 Å². The Labute approximate surface area is 62.8 Å². The van der Waals surface area contributed by atoms with Crippen molar-refractivity contribution in [2.24, 2.45) is 5.92 Å². The maximum Gasteiger partial charge on any atom is 0.113 e. The van der Waals surface area contributed by atoms with Crippen LogP contribution < -0.4 is 0 Å². The molecule has 0 saturated heterocycles. The zero-order valence-corrected chi connectivity index (χ0v) is 6.99. The van der Waals surface area contributed by atoms with Crippen molar-refractivity contribution >= 4 is 0 Å². The van der Waals surface area contributed by atoms with Crippen LogP contribution in [-0.2, 0) is 0 Å². The summed E-state index contributed by atoms with van der Waals surface area (Å²) in [5.41, 5.74) is -0.821. The van der Waals surface area contributed by atoms with Crippen molar-refractivity contribution in [3.05, 3.63) is 0 Å². The second kappa shape index (κ2) is 2.89. The van der Waals surface area contributed by atoms with Crippen molar-refractivity contribution in [1.82, 2.24) is 0 Å². The molecule has 0 spiro atoms. The molecule has 1 saturated carbocycles. The number of hydrogen-bond donors (Lipinski definition) is 0. The summed E-state index contributed by atoms with van der Waals surface area (Å²) in [7, 11) is 0. The fraction of sp³-hybridized carbons (Fsp3) is 1.00. The van der Waals surface area contributed by atoms with Crippen LogP contribution in [0.15, 0.2) is 0 Å². The highest BCUT2D eigenvalue weighted by atomic mass is 19.1. The number of halogens is 1. The molecular weight excluding hydrogens is 127 g/mol. The predicted octanol–water partition coefficient (Wildman–Crippen LogP) is 3.31. The molecule has 2 unspecified atom stereocenters. The van der Waals surface area contributed by atoms with Crippen molar-refractivity contribution in [2.45, 2.75) is 51.6 Å². The van der Waals surface area contributed by atoms with Crippen molar-refractivity contribution in [3.63, 3.8) is 0 Å². The largest absolute Gasteiger partial charge is 0.244 e. The summed E-state index contributed by atoms with van der Waals surface area (Å²) in [6.45, 7) is 4.00. The van der Waals surface area contributed by atoms with Crippen molar-refractivity contribution in [1.29, 1.82) is 0 Å². The zero-order chi connectivity index (χ0) is 7.61. The van der Waals surface area contributed by atoms with E-state index in [1.165, 1.54) is 6.42 Å². The van der Waals surface area contributed by atoms with Crippen LogP contribution >= 0.6 is 0 Å². The molecule has 1 aliphatic rings. The van der Waals surface area contributed by atoms with Gasteiger partial charge in [0.25, 0.3) is 0 Å². The van der Waals surface area contributed by atoms with Gasteiger partial charge in [0, 0.05) is 0 Å². The minimum atomic E-state index is -0.821. The summed E-state index contributed by atoms with van der Waals surface area (Å²) in [6, 6.07) is 0. The smallest absolute Gasteiger partial charge is 0.113 e. The maximum absolute atomic E-state index is 13.7. The standard InChI is InChI=1S/C9H17F/c1-3-9(10)7-5-4-6-8(9)2/h8H,3-7H2,1-2H3. The van der Waals surface area contributed by atoms with Crippen molar-refractivity contribution in [2.75, 3.05) is 0 Å². The Hall–Kier alpha value is -0.0700. The third-order valence-electron chi connectivity index (χ3n) is 2.95. The highest BCUT2D eigenvalue weighted by molar-refractivity contribution is 4.86. The lowest BCUT2D eigenvalue weighted by Gasteiger charge is -2.34. The Morgan fingerprint density at radius 3 is 2.60 bits per heavy atom. The summed E-state index contributed by atoms with van der Waals surface area (Å²) in [4.78, 5) is 0. The Balaban J connectivity index is 2.54. The molecule has 1 fully saturated rings. The highest BCUT2D eigenvalue weighted by Crippen LogP contribution is 2.38. The summed E-state index contributed by atoms with van der Waals surface area (Å²) >= 11 is 0. The minimum absolute atomic E-state index is 0.297. The molecule has 0 aromatic heterocycles.